The molecular weight excluding hydrogens is 278 g/mol. The number of hydrogen-bond acceptors (Lipinski definition) is 3. The van der Waals surface area contributed by atoms with Crippen molar-refractivity contribution in [2.75, 3.05) is 5.73 Å². The number of nitrogen functional groups attached to an aromatic ring is 1. The number of halogens is 1. The third-order valence-electron chi connectivity index (χ3n) is 2.15. The van der Waals surface area contributed by atoms with Gasteiger partial charge in [0.15, 0.2) is 9.84 Å². The fraction of sp³-hybridized carbons (Fsp3) is 0.400. The molecule has 0 aliphatic heterocycles. The Balaban J connectivity index is 3.01. The molecule has 0 spiro atoms. The van der Waals surface area contributed by atoms with Crippen LogP contribution in [0.4, 0.5) is 5.69 Å². The van der Waals surface area contributed by atoms with Gasteiger partial charge in [0.1, 0.15) is 0 Å². The smallest absolute Gasteiger partial charge is 0.156 e. The minimum absolute atomic E-state index is 0.0472. The summed E-state index contributed by atoms with van der Waals surface area (Å²) in [6, 6.07) is 5.15. The maximum Gasteiger partial charge on any atom is 0.156 e. The predicted octanol–water partition coefficient (Wildman–Crippen LogP) is 2.35. The van der Waals surface area contributed by atoms with E-state index in [4.69, 9.17) is 5.73 Å². The second-order valence-corrected chi connectivity index (χ2v) is 7.12. The summed E-state index contributed by atoms with van der Waals surface area (Å²) in [5.41, 5.74) is 6.94. The zero-order chi connectivity index (χ0) is 11.6. The Morgan fingerprint density at radius 2 is 2.00 bits per heavy atom. The lowest BCUT2D eigenvalue weighted by Crippen LogP contribution is -2.16. The summed E-state index contributed by atoms with van der Waals surface area (Å²) < 4.78 is 24.1. The van der Waals surface area contributed by atoms with Crippen LogP contribution in [0.5, 0.6) is 0 Å². The fourth-order valence-electron chi connectivity index (χ4n) is 1.06. The maximum atomic E-state index is 11.7. The molecule has 3 nitrogen and oxygen atoms in total. The molecule has 0 unspecified atom stereocenters. The van der Waals surface area contributed by atoms with Crippen molar-refractivity contribution in [3.8, 4) is 0 Å². The van der Waals surface area contributed by atoms with Gasteiger partial charge in [0.2, 0.25) is 0 Å². The molecule has 0 radical (unpaired) electrons. The Morgan fingerprint density at radius 3 is 2.47 bits per heavy atom. The van der Waals surface area contributed by atoms with E-state index in [2.05, 4.69) is 15.9 Å². The standard InChI is InChI=1S/C10H14BrNO2S/c1-7(2)15(13,14)6-8-3-4-9(12)5-10(8)11/h3-5,7H,6,12H2,1-2H3. The van der Waals surface area contributed by atoms with E-state index < -0.39 is 9.84 Å². The first kappa shape index (κ1) is 12.5. The van der Waals surface area contributed by atoms with Crippen LogP contribution < -0.4 is 5.73 Å². The highest BCUT2D eigenvalue weighted by molar-refractivity contribution is 9.10. The van der Waals surface area contributed by atoms with Crippen LogP contribution in [0.1, 0.15) is 19.4 Å². The minimum atomic E-state index is -3.06. The van der Waals surface area contributed by atoms with Crippen molar-refractivity contribution in [2.45, 2.75) is 24.9 Å². The van der Waals surface area contributed by atoms with Gasteiger partial charge in [0, 0.05) is 10.2 Å². The summed E-state index contributed by atoms with van der Waals surface area (Å²) in [5.74, 6) is 0.0472. The molecule has 15 heavy (non-hydrogen) atoms. The summed E-state index contributed by atoms with van der Waals surface area (Å²) in [6.07, 6.45) is 0. The minimum Gasteiger partial charge on any atom is -0.399 e. The van der Waals surface area contributed by atoms with Gasteiger partial charge in [-0.1, -0.05) is 22.0 Å². The van der Waals surface area contributed by atoms with Crippen LogP contribution in [0, 0.1) is 0 Å². The highest BCUT2D eigenvalue weighted by Gasteiger charge is 2.18. The van der Waals surface area contributed by atoms with E-state index >= 15 is 0 Å². The summed E-state index contributed by atoms with van der Waals surface area (Å²) >= 11 is 3.30. The van der Waals surface area contributed by atoms with Gasteiger partial charge >= 0.3 is 0 Å². The number of hydrogen-bond donors (Lipinski definition) is 1. The Labute approximate surface area is 98.7 Å². The van der Waals surface area contributed by atoms with Gasteiger partial charge in [-0.15, -0.1) is 0 Å². The second-order valence-electron chi connectivity index (χ2n) is 3.71. The van der Waals surface area contributed by atoms with Gasteiger partial charge in [0.25, 0.3) is 0 Å². The van der Waals surface area contributed by atoms with E-state index in [9.17, 15) is 8.42 Å². The number of nitrogens with two attached hydrogens (primary N) is 1. The van der Waals surface area contributed by atoms with Crippen molar-refractivity contribution in [3.05, 3.63) is 28.2 Å². The summed E-state index contributed by atoms with van der Waals surface area (Å²) in [7, 11) is -3.06. The summed E-state index contributed by atoms with van der Waals surface area (Å²) in [5, 5.41) is -0.359. The Bertz CT molecular complexity index is 454. The highest BCUT2D eigenvalue weighted by atomic mass is 79.9. The molecule has 1 aromatic carbocycles. The monoisotopic (exact) mass is 291 g/mol. The topological polar surface area (TPSA) is 60.2 Å². The van der Waals surface area contributed by atoms with Crippen LogP contribution in [-0.2, 0) is 15.6 Å². The van der Waals surface area contributed by atoms with Gasteiger partial charge in [0.05, 0.1) is 11.0 Å². The number of rotatable bonds is 3. The molecular formula is C10H14BrNO2S. The van der Waals surface area contributed by atoms with Crippen LogP contribution in [0.25, 0.3) is 0 Å². The van der Waals surface area contributed by atoms with E-state index in [0.717, 1.165) is 10.0 Å². The van der Waals surface area contributed by atoms with E-state index in [1.807, 2.05) is 0 Å². The van der Waals surface area contributed by atoms with E-state index in [1.54, 1.807) is 32.0 Å². The van der Waals surface area contributed by atoms with Crippen molar-refractivity contribution in [1.82, 2.24) is 0 Å². The summed E-state index contributed by atoms with van der Waals surface area (Å²) in [6.45, 7) is 3.36. The van der Waals surface area contributed by atoms with E-state index in [-0.39, 0.29) is 11.0 Å². The fourth-order valence-corrected chi connectivity index (χ4v) is 2.80. The van der Waals surface area contributed by atoms with Crippen LogP contribution in [-0.4, -0.2) is 13.7 Å². The van der Waals surface area contributed by atoms with Gasteiger partial charge < -0.3 is 5.73 Å². The SMILES string of the molecule is CC(C)S(=O)(=O)Cc1ccc(N)cc1Br. The molecule has 0 aliphatic carbocycles. The normalized spacial score (nSPS) is 12.0. The Kier molecular flexibility index (Phi) is 3.78. The molecule has 0 heterocycles. The molecule has 0 fully saturated rings. The van der Waals surface area contributed by atoms with Crippen molar-refractivity contribution < 1.29 is 8.42 Å². The third-order valence-corrected chi connectivity index (χ3v) is 5.04. The van der Waals surface area contributed by atoms with Crippen LogP contribution >= 0.6 is 15.9 Å². The Morgan fingerprint density at radius 1 is 1.40 bits per heavy atom. The zero-order valence-corrected chi connectivity index (χ0v) is 11.1. The zero-order valence-electron chi connectivity index (χ0n) is 8.70. The Hall–Kier alpha value is -0.550. The van der Waals surface area contributed by atoms with Crippen LogP contribution in [0.2, 0.25) is 0 Å². The molecule has 1 rings (SSSR count). The largest absolute Gasteiger partial charge is 0.399 e. The first-order chi connectivity index (χ1) is 6.83. The maximum absolute atomic E-state index is 11.7. The van der Waals surface area contributed by atoms with Crippen molar-refractivity contribution in [1.29, 1.82) is 0 Å². The van der Waals surface area contributed by atoms with E-state index in [1.165, 1.54) is 0 Å². The lowest BCUT2D eigenvalue weighted by Gasteiger charge is -2.09. The van der Waals surface area contributed by atoms with Gasteiger partial charge in [-0.25, -0.2) is 8.42 Å². The van der Waals surface area contributed by atoms with Crippen LogP contribution in [0.3, 0.4) is 0 Å². The first-order valence-corrected chi connectivity index (χ1v) is 7.09. The van der Waals surface area contributed by atoms with Crippen molar-refractivity contribution in [3.63, 3.8) is 0 Å². The number of sulfone groups is 1. The van der Waals surface area contributed by atoms with Gasteiger partial charge in [-0.05, 0) is 31.5 Å². The van der Waals surface area contributed by atoms with Gasteiger partial charge in [-0.2, -0.15) is 0 Å². The molecule has 5 heteroatoms. The summed E-state index contributed by atoms with van der Waals surface area (Å²) in [4.78, 5) is 0. The number of benzene rings is 1. The third kappa shape index (κ3) is 3.21. The first-order valence-electron chi connectivity index (χ1n) is 4.58. The van der Waals surface area contributed by atoms with Gasteiger partial charge in [-0.3, -0.25) is 0 Å². The average molecular weight is 292 g/mol. The highest BCUT2D eigenvalue weighted by Crippen LogP contribution is 2.23. The van der Waals surface area contributed by atoms with Crippen molar-refractivity contribution in [2.24, 2.45) is 0 Å². The molecule has 0 amide bonds. The quantitative estimate of drug-likeness (QED) is 0.870. The van der Waals surface area contributed by atoms with E-state index in [0.29, 0.717) is 5.69 Å². The molecule has 1 aromatic rings. The average Bonchev–Trinajstić information content (AvgIpc) is 2.09. The van der Waals surface area contributed by atoms with Crippen molar-refractivity contribution >= 4 is 31.5 Å². The molecule has 0 atom stereocenters. The molecule has 0 saturated heterocycles. The lowest BCUT2D eigenvalue weighted by molar-refractivity contribution is 0.586. The molecule has 0 aliphatic rings. The molecule has 0 aromatic heterocycles. The van der Waals surface area contributed by atoms with Crippen LogP contribution in [0.15, 0.2) is 22.7 Å². The molecule has 84 valence electrons. The number of anilines is 1. The molecule has 0 bridgehead atoms. The molecule has 0 saturated carbocycles. The second kappa shape index (κ2) is 4.53. The predicted molar refractivity (Wildman–Crippen MR) is 66.3 cm³/mol. The lowest BCUT2D eigenvalue weighted by atomic mass is 10.2. The molecule has 2 N–H and O–H groups in total.